The van der Waals surface area contributed by atoms with Crippen LogP contribution in [0.5, 0.6) is 5.75 Å². The Morgan fingerprint density at radius 3 is 2.33 bits per heavy atom. The molecule has 0 fully saturated rings. The number of hydrogen-bond acceptors (Lipinski definition) is 4. The van der Waals surface area contributed by atoms with Gasteiger partial charge in [0.15, 0.2) is 6.61 Å². The second-order valence-electron chi connectivity index (χ2n) is 5.72. The number of benzene rings is 2. The van der Waals surface area contributed by atoms with Gasteiger partial charge in [0, 0.05) is 30.4 Å². The van der Waals surface area contributed by atoms with Crippen molar-refractivity contribution < 1.29 is 24.2 Å². The van der Waals surface area contributed by atoms with Crippen molar-refractivity contribution in [2.45, 2.75) is 13.8 Å². The van der Waals surface area contributed by atoms with Gasteiger partial charge >= 0.3 is 5.97 Å². The third-order valence-electron chi connectivity index (χ3n) is 3.94. The minimum atomic E-state index is -1.10. The monoisotopic (exact) mass is 370 g/mol. The highest BCUT2D eigenvalue weighted by Crippen LogP contribution is 2.18. The van der Waals surface area contributed by atoms with Gasteiger partial charge in [0.25, 0.3) is 11.8 Å². The lowest BCUT2D eigenvalue weighted by molar-refractivity contribution is -0.132. The number of ether oxygens (including phenoxy) is 1. The maximum absolute atomic E-state index is 12.3. The number of hydrogen-bond donors (Lipinski definition) is 2. The van der Waals surface area contributed by atoms with E-state index in [4.69, 9.17) is 9.84 Å². The molecule has 2 rings (SSSR count). The normalized spacial score (nSPS) is 10.1. The summed E-state index contributed by atoms with van der Waals surface area (Å²) in [6.07, 6.45) is 0. The standard InChI is InChI=1S/C20H22N2O5/c1-3-22(4-2)18(23)13-27-17-10-6-9-16(12-17)21-19(24)14-7-5-8-15(11-14)20(25)26/h5-12H,3-4,13H2,1-2H3,(H,21,24)(H,25,26). The molecule has 2 aromatic rings. The third kappa shape index (κ3) is 5.57. The molecule has 2 aromatic carbocycles. The third-order valence-corrected chi connectivity index (χ3v) is 3.94. The van der Waals surface area contributed by atoms with Crippen molar-refractivity contribution in [2.75, 3.05) is 25.0 Å². The number of rotatable bonds is 8. The van der Waals surface area contributed by atoms with Gasteiger partial charge in [-0.3, -0.25) is 9.59 Å². The molecular formula is C20H22N2O5. The van der Waals surface area contributed by atoms with Gasteiger partial charge in [-0.25, -0.2) is 4.79 Å². The molecule has 0 heterocycles. The zero-order chi connectivity index (χ0) is 19.8. The first-order chi connectivity index (χ1) is 12.9. The lowest BCUT2D eigenvalue weighted by atomic mass is 10.1. The minimum Gasteiger partial charge on any atom is -0.484 e. The first-order valence-electron chi connectivity index (χ1n) is 8.60. The lowest BCUT2D eigenvalue weighted by Crippen LogP contribution is -2.34. The van der Waals surface area contributed by atoms with Gasteiger partial charge in [0.2, 0.25) is 0 Å². The number of nitrogens with one attached hydrogen (secondary N) is 1. The first kappa shape index (κ1) is 20.0. The summed E-state index contributed by atoms with van der Waals surface area (Å²) in [5, 5.41) is 11.7. The van der Waals surface area contributed by atoms with Gasteiger partial charge in [-0.05, 0) is 44.2 Å². The van der Waals surface area contributed by atoms with Crippen LogP contribution in [0.25, 0.3) is 0 Å². The SMILES string of the molecule is CCN(CC)C(=O)COc1cccc(NC(=O)c2cccc(C(=O)O)c2)c1. The highest BCUT2D eigenvalue weighted by atomic mass is 16.5. The number of anilines is 1. The molecule has 142 valence electrons. The molecule has 0 aliphatic rings. The second-order valence-corrected chi connectivity index (χ2v) is 5.72. The number of amides is 2. The minimum absolute atomic E-state index is 0.0367. The highest BCUT2D eigenvalue weighted by Gasteiger charge is 2.12. The summed E-state index contributed by atoms with van der Waals surface area (Å²) in [5.41, 5.74) is 0.751. The molecule has 0 radical (unpaired) electrons. The Morgan fingerprint density at radius 1 is 1.00 bits per heavy atom. The van der Waals surface area contributed by atoms with Crippen molar-refractivity contribution in [1.82, 2.24) is 4.90 Å². The zero-order valence-corrected chi connectivity index (χ0v) is 15.3. The molecule has 0 bridgehead atoms. The van der Waals surface area contributed by atoms with Crippen LogP contribution in [0.4, 0.5) is 5.69 Å². The number of carboxylic acid groups (broad SMARTS) is 1. The van der Waals surface area contributed by atoms with Gasteiger partial charge in [0.1, 0.15) is 5.75 Å². The molecule has 7 heteroatoms. The molecule has 7 nitrogen and oxygen atoms in total. The number of carbonyl (C=O) groups is 3. The maximum atomic E-state index is 12.3. The van der Waals surface area contributed by atoms with Crippen LogP contribution < -0.4 is 10.1 Å². The van der Waals surface area contributed by atoms with E-state index in [1.54, 1.807) is 29.2 Å². The summed E-state index contributed by atoms with van der Waals surface area (Å²) in [5.74, 6) is -1.19. The van der Waals surface area contributed by atoms with E-state index < -0.39 is 11.9 Å². The Hall–Kier alpha value is -3.35. The number of carboxylic acids is 1. The Balaban J connectivity index is 2.03. The number of likely N-dealkylation sites (N-methyl/N-ethyl adjacent to an activating group) is 1. The van der Waals surface area contributed by atoms with Gasteiger partial charge in [-0.1, -0.05) is 12.1 Å². The fourth-order valence-electron chi connectivity index (χ4n) is 2.47. The van der Waals surface area contributed by atoms with E-state index in [0.29, 0.717) is 24.5 Å². The molecule has 0 unspecified atom stereocenters. The average molecular weight is 370 g/mol. The Labute approximate surface area is 157 Å². The summed E-state index contributed by atoms with van der Waals surface area (Å²) >= 11 is 0. The van der Waals surface area contributed by atoms with E-state index in [-0.39, 0.29) is 23.6 Å². The number of nitrogens with zero attached hydrogens (tertiary/aromatic N) is 1. The summed E-state index contributed by atoms with van der Waals surface area (Å²) in [6.45, 7) is 4.95. The summed E-state index contributed by atoms with van der Waals surface area (Å²) in [7, 11) is 0. The fourth-order valence-corrected chi connectivity index (χ4v) is 2.47. The van der Waals surface area contributed by atoms with Crippen LogP contribution in [0.15, 0.2) is 48.5 Å². The van der Waals surface area contributed by atoms with Gasteiger partial charge in [-0.15, -0.1) is 0 Å². The summed E-state index contributed by atoms with van der Waals surface area (Å²) in [4.78, 5) is 37.0. The van der Waals surface area contributed by atoms with E-state index in [0.717, 1.165) is 0 Å². The second kappa shape index (κ2) is 9.38. The zero-order valence-electron chi connectivity index (χ0n) is 15.3. The van der Waals surface area contributed by atoms with E-state index in [2.05, 4.69) is 5.32 Å². The van der Waals surface area contributed by atoms with Crippen LogP contribution in [0.3, 0.4) is 0 Å². The summed E-state index contributed by atoms with van der Waals surface area (Å²) < 4.78 is 5.51. The molecule has 0 aliphatic carbocycles. The van der Waals surface area contributed by atoms with Gasteiger partial charge < -0.3 is 20.1 Å². The highest BCUT2D eigenvalue weighted by molar-refractivity contribution is 6.05. The first-order valence-corrected chi connectivity index (χ1v) is 8.60. The van der Waals surface area contributed by atoms with Crippen molar-refractivity contribution in [3.8, 4) is 5.75 Å². The molecular weight excluding hydrogens is 348 g/mol. The van der Waals surface area contributed by atoms with Crippen LogP contribution >= 0.6 is 0 Å². The molecule has 0 atom stereocenters. The predicted octanol–water partition coefficient (Wildman–Crippen LogP) is 2.88. The van der Waals surface area contributed by atoms with Crippen LogP contribution in [0.1, 0.15) is 34.6 Å². The molecule has 0 spiro atoms. The average Bonchev–Trinajstić information content (AvgIpc) is 2.67. The Bertz CT molecular complexity index is 831. The van der Waals surface area contributed by atoms with Crippen LogP contribution in [-0.4, -0.2) is 47.5 Å². The van der Waals surface area contributed by atoms with Crippen LogP contribution in [0, 0.1) is 0 Å². The van der Waals surface area contributed by atoms with Gasteiger partial charge in [0.05, 0.1) is 5.56 Å². The quantitative estimate of drug-likeness (QED) is 0.745. The smallest absolute Gasteiger partial charge is 0.335 e. The van der Waals surface area contributed by atoms with Crippen molar-refractivity contribution in [2.24, 2.45) is 0 Å². The van der Waals surface area contributed by atoms with E-state index in [1.807, 2.05) is 13.8 Å². The number of carbonyl (C=O) groups excluding carboxylic acids is 2. The van der Waals surface area contributed by atoms with E-state index in [9.17, 15) is 14.4 Å². The number of aromatic carboxylic acids is 1. The van der Waals surface area contributed by atoms with Crippen molar-refractivity contribution >= 4 is 23.5 Å². The van der Waals surface area contributed by atoms with Crippen molar-refractivity contribution in [3.05, 3.63) is 59.7 Å². The predicted molar refractivity (Wildman–Crippen MR) is 101 cm³/mol. The fraction of sp³-hybridized carbons (Fsp3) is 0.250. The molecule has 2 amide bonds. The largest absolute Gasteiger partial charge is 0.484 e. The van der Waals surface area contributed by atoms with E-state index >= 15 is 0 Å². The molecule has 27 heavy (non-hydrogen) atoms. The Kier molecular flexibility index (Phi) is 6.93. The van der Waals surface area contributed by atoms with Crippen LogP contribution in [0.2, 0.25) is 0 Å². The van der Waals surface area contributed by atoms with Gasteiger partial charge in [-0.2, -0.15) is 0 Å². The van der Waals surface area contributed by atoms with E-state index in [1.165, 1.54) is 24.3 Å². The Morgan fingerprint density at radius 2 is 1.67 bits per heavy atom. The molecule has 0 aliphatic heterocycles. The molecule has 0 saturated carbocycles. The van der Waals surface area contributed by atoms with Crippen LogP contribution in [-0.2, 0) is 4.79 Å². The summed E-state index contributed by atoms with van der Waals surface area (Å²) in [6, 6.07) is 12.4. The lowest BCUT2D eigenvalue weighted by Gasteiger charge is -2.18. The molecule has 0 aromatic heterocycles. The maximum Gasteiger partial charge on any atom is 0.335 e. The molecule has 2 N–H and O–H groups in total. The van der Waals surface area contributed by atoms with Crippen molar-refractivity contribution in [1.29, 1.82) is 0 Å². The molecule has 0 saturated heterocycles. The van der Waals surface area contributed by atoms with Crippen molar-refractivity contribution in [3.63, 3.8) is 0 Å². The topological polar surface area (TPSA) is 95.9 Å².